The number of ether oxygens (including phenoxy) is 2. The first-order valence-electron chi connectivity index (χ1n) is 15.1. The molecule has 0 aromatic rings. The maximum atomic E-state index is 12.5. The van der Waals surface area contributed by atoms with Crippen molar-refractivity contribution in [1.29, 1.82) is 0 Å². The molecule has 0 aliphatic carbocycles. The zero-order valence-corrected chi connectivity index (χ0v) is 27.8. The zero-order valence-electron chi connectivity index (χ0n) is 27.0. The molecular formula is C28H49N5O13S. The summed E-state index contributed by atoms with van der Waals surface area (Å²) < 4.78 is 10.2. The van der Waals surface area contributed by atoms with Gasteiger partial charge in [0.05, 0.1) is 45.1 Å². The van der Waals surface area contributed by atoms with Crippen LogP contribution in [-0.4, -0.2) is 180 Å². The number of nitrogens with zero attached hydrogens (tertiary/aromatic N) is 3. The van der Waals surface area contributed by atoms with Crippen LogP contribution < -0.4 is 10.6 Å². The van der Waals surface area contributed by atoms with Crippen molar-refractivity contribution in [3.05, 3.63) is 0 Å². The average Bonchev–Trinajstić information content (AvgIpc) is 2.97. The second-order valence-corrected chi connectivity index (χ2v) is 11.6. The van der Waals surface area contributed by atoms with Crippen LogP contribution in [0.3, 0.4) is 0 Å². The molecule has 0 aromatic heterocycles. The van der Waals surface area contributed by atoms with E-state index in [1.165, 1.54) is 21.6 Å². The number of hydrogen-bond acceptors (Lipinski definition) is 14. The average molecular weight is 696 g/mol. The predicted octanol–water partition coefficient (Wildman–Crippen LogP) is -1.81. The second kappa shape index (κ2) is 26.5. The Kier molecular flexibility index (Phi) is 24.6. The molecule has 1 unspecified atom stereocenters. The SMILES string of the molecule is CCCNCCC(=O)OCCOC(=O)C(C)CSCCNC(=O)CN(CCN(CCN(CC(=O)O)CC(=O)O)CC(=O)O)CC(=O)O. The van der Waals surface area contributed by atoms with Gasteiger partial charge in [-0.15, -0.1) is 0 Å². The molecule has 1 amide bonds. The van der Waals surface area contributed by atoms with E-state index < -0.39 is 67.9 Å². The Morgan fingerprint density at radius 1 is 0.681 bits per heavy atom. The highest BCUT2D eigenvalue weighted by Crippen LogP contribution is 2.09. The van der Waals surface area contributed by atoms with Gasteiger partial charge >= 0.3 is 35.8 Å². The summed E-state index contributed by atoms with van der Waals surface area (Å²) in [6.07, 6.45) is 1.19. The van der Waals surface area contributed by atoms with Crippen LogP contribution >= 0.6 is 11.8 Å². The third kappa shape index (κ3) is 26.3. The van der Waals surface area contributed by atoms with Crippen molar-refractivity contribution < 1.29 is 63.5 Å². The number of carbonyl (C=O) groups is 7. The molecule has 0 aromatic carbocycles. The maximum absolute atomic E-state index is 12.5. The molecule has 0 heterocycles. The number of carbonyl (C=O) groups excluding carboxylic acids is 3. The Hall–Kier alpha value is -3.52. The van der Waals surface area contributed by atoms with Crippen LogP contribution in [0.25, 0.3) is 0 Å². The maximum Gasteiger partial charge on any atom is 0.317 e. The van der Waals surface area contributed by atoms with Crippen LogP contribution in [0.4, 0.5) is 0 Å². The molecule has 0 radical (unpaired) electrons. The molecular weight excluding hydrogens is 646 g/mol. The largest absolute Gasteiger partial charge is 0.480 e. The molecule has 18 nitrogen and oxygen atoms in total. The van der Waals surface area contributed by atoms with Gasteiger partial charge in [0.25, 0.3) is 0 Å². The first-order valence-corrected chi connectivity index (χ1v) is 16.3. The third-order valence-electron chi connectivity index (χ3n) is 6.13. The number of aliphatic carboxylic acids is 4. The Labute approximate surface area is 278 Å². The minimum Gasteiger partial charge on any atom is -0.480 e. The van der Waals surface area contributed by atoms with Crippen molar-refractivity contribution in [1.82, 2.24) is 25.3 Å². The van der Waals surface area contributed by atoms with Gasteiger partial charge in [-0.25, -0.2) is 0 Å². The standard InChI is InChI=1S/C28H49N5O13S/c1-3-5-29-6-4-27(43)45-12-13-46-28(44)21(2)20-47-14-7-30-22(34)15-32(17-24(37)38)10-8-31(16-23(35)36)9-11-33(18-25(39)40)19-26(41)42/h21,29H,3-20H2,1-2H3,(H,30,34)(H,35,36)(H,37,38)(H,39,40)(H,41,42). The summed E-state index contributed by atoms with van der Waals surface area (Å²) in [5.74, 6) is -5.74. The summed E-state index contributed by atoms with van der Waals surface area (Å²) in [6.45, 7) is 2.78. The number of thioether (sulfide) groups is 1. The lowest BCUT2D eigenvalue weighted by atomic mass is 10.2. The van der Waals surface area contributed by atoms with E-state index in [2.05, 4.69) is 10.6 Å². The van der Waals surface area contributed by atoms with Crippen LogP contribution in [0, 0.1) is 5.92 Å². The second-order valence-electron chi connectivity index (χ2n) is 10.5. The van der Waals surface area contributed by atoms with Gasteiger partial charge in [-0.3, -0.25) is 48.3 Å². The van der Waals surface area contributed by atoms with E-state index in [4.69, 9.17) is 19.7 Å². The fourth-order valence-corrected chi connectivity index (χ4v) is 4.79. The Balaban J connectivity index is 4.54. The molecule has 0 rings (SSSR count). The number of nitrogens with one attached hydrogen (secondary N) is 2. The third-order valence-corrected chi connectivity index (χ3v) is 7.36. The highest BCUT2D eigenvalue weighted by atomic mass is 32.2. The highest BCUT2D eigenvalue weighted by molar-refractivity contribution is 7.99. The summed E-state index contributed by atoms with van der Waals surface area (Å²) in [5, 5.41) is 42.3. The number of hydrogen-bond donors (Lipinski definition) is 6. The summed E-state index contributed by atoms with van der Waals surface area (Å²) >= 11 is 1.40. The smallest absolute Gasteiger partial charge is 0.317 e. The molecule has 1 atom stereocenters. The highest BCUT2D eigenvalue weighted by Gasteiger charge is 2.20. The molecule has 0 saturated heterocycles. The van der Waals surface area contributed by atoms with Crippen LogP contribution in [-0.2, 0) is 43.0 Å². The van der Waals surface area contributed by atoms with E-state index in [0.29, 0.717) is 18.1 Å². The zero-order chi connectivity index (χ0) is 35.6. The minimum atomic E-state index is -1.25. The van der Waals surface area contributed by atoms with Gasteiger partial charge in [0, 0.05) is 50.8 Å². The van der Waals surface area contributed by atoms with Gasteiger partial charge in [-0.1, -0.05) is 13.8 Å². The number of esters is 2. The summed E-state index contributed by atoms with van der Waals surface area (Å²) in [4.78, 5) is 84.8. The molecule has 0 spiro atoms. The summed E-state index contributed by atoms with van der Waals surface area (Å²) in [6, 6.07) is 0. The van der Waals surface area contributed by atoms with Crippen molar-refractivity contribution in [2.45, 2.75) is 26.7 Å². The van der Waals surface area contributed by atoms with Crippen molar-refractivity contribution in [2.75, 3.05) is 103 Å². The Morgan fingerprint density at radius 2 is 1.17 bits per heavy atom. The van der Waals surface area contributed by atoms with Crippen LogP contribution in [0.1, 0.15) is 26.7 Å². The van der Waals surface area contributed by atoms with Crippen LogP contribution in [0.2, 0.25) is 0 Å². The first-order chi connectivity index (χ1) is 22.2. The first kappa shape index (κ1) is 43.5. The molecule has 0 bridgehead atoms. The van der Waals surface area contributed by atoms with E-state index in [-0.39, 0.29) is 64.9 Å². The lowest BCUT2D eigenvalue weighted by Crippen LogP contribution is -2.46. The topological polar surface area (TPSA) is 253 Å². The van der Waals surface area contributed by atoms with Crippen molar-refractivity contribution >= 4 is 53.5 Å². The van der Waals surface area contributed by atoms with E-state index in [9.17, 15) is 43.8 Å². The number of rotatable bonds is 30. The molecule has 0 aliphatic heterocycles. The molecule has 6 N–H and O–H groups in total. The monoisotopic (exact) mass is 695 g/mol. The van der Waals surface area contributed by atoms with Crippen molar-refractivity contribution in [2.24, 2.45) is 5.92 Å². The number of carboxylic acid groups (broad SMARTS) is 4. The number of carboxylic acids is 4. The van der Waals surface area contributed by atoms with Gasteiger partial charge in [0.15, 0.2) is 0 Å². The molecule has 47 heavy (non-hydrogen) atoms. The fourth-order valence-electron chi connectivity index (χ4n) is 3.88. The van der Waals surface area contributed by atoms with Gasteiger partial charge in [-0.2, -0.15) is 11.8 Å². The van der Waals surface area contributed by atoms with Crippen LogP contribution in [0.15, 0.2) is 0 Å². The fraction of sp³-hybridized carbons (Fsp3) is 0.750. The van der Waals surface area contributed by atoms with Gasteiger partial charge < -0.3 is 40.5 Å². The molecule has 0 aliphatic rings. The van der Waals surface area contributed by atoms with E-state index in [1.54, 1.807) is 6.92 Å². The molecule has 0 saturated carbocycles. The quantitative estimate of drug-likeness (QED) is 0.0358. The Morgan fingerprint density at radius 3 is 1.70 bits per heavy atom. The van der Waals surface area contributed by atoms with Crippen LogP contribution in [0.5, 0.6) is 0 Å². The number of amides is 1. The van der Waals surface area contributed by atoms with E-state index >= 15 is 0 Å². The summed E-state index contributed by atoms with van der Waals surface area (Å²) in [7, 11) is 0. The van der Waals surface area contributed by atoms with Crippen molar-refractivity contribution in [3.63, 3.8) is 0 Å². The molecule has 19 heteroatoms. The molecule has 0 fully saturated rings. The predicted molar refractivity (Wildman–Crippen MR) is 169 cm³/mol. The minimum absolute atomic E-state index is 0.00535. The normalized spacial score (nSPS) is 11.8. The molecule has 270 valence electrons. The van der Waals surface area contributed by atoms with Crippen molar-refractivity contribution in [3.8, 4) is 0 Å². The van der Waals surface area contributed by atoms with E-state index in [1.807, 2.05) is 6.92 Å². The lowest BCUT2D eigenvalue weighted by Gasteiger charge is -2.27. The van der Waals surface area contributed by atoms with E-state index in [0.717, 1.165) is 17.9 Å². The van der Waals surface area contributed by atoms with Gasteiger partial charge in [0.2, 0.25) is 5.91 Å². The van der Waals surface area contributed by atoms with Gasteiger partial charge in [0.1, 0.15) is 13.2 Å². The van der Waals surface area contributed by atoms with Gasteiger partial charge in [-0.05, 0) is 13.0 Å². The summed E-state index contributed by atoms with van der Waals surface area (Å²) in [5.41, 5.74) is 0. The Bertz CT molecular complexity index is 988. The lowest BCUT2D eigenvalue weighted by molar-refractivity contribution is -0.154.